The van der Waals surface area contributed by atoms with Crippen LogP contribution in [0.1, 0.15) is 16.1 Å². The second kappa shape index (κ2) is 6.14. The number of aromatic amines is 1. The molecule has 3 aromatic rings. The third-order valence-electron chi connectivity index (χ3n) is 4.58. The van der Waals surface area contributed by atoms with E-state index in [0.29, 0.717) is 43.0 Å². The minimum atomic E-state index is -0.284. The number of rotatable bonds is 3. The number of piperazine rings is 1. The lowest BCUT2D eigenvalue weighted by Crippen LogP contribution is -2.48. The van der Waals surface area contributed by atoms with Crippen LogP contribution in [-0.4, -0.2) is 72.7 Å². The van der Waals surface area contributed by atoms with Gasteiger partial charge in [-0.2, -0.15) is 5.10 Å². The highest BCUT2D eigenvalue weighted by Gasteiger charge is 2.25. The Morgan fingerprint density at radius 1 is 1.27 bits per heavy atom. The summed E-state index contributed by atoms with van der Waals surface area (Å²) in [6, 6.07) is 3.39. The summed E-state index contributed by atoms with van der Waals surface area (Å²) in [5.41, 5.74) is 1.18. The summed E-state index contributed by atoms with van der Waals surface area (Å²) in [6.07, 6.45) is 3.94. The van der Waals surface area contributed by atoms with Crippen LogP contribution in [0, 0.1) is 6.92 Å². The van der Waals surface area contributed by atoms with E-state index in [1.807, 2.05) is 0 Å². The van der Waals surface area contributed by atoms with Gasteiger partial charge in [0.2, 0.25) is 12.4 Å². The van der Waals surface area contributed by atoms with E-state index in [1.54, 1.807) is 35.1 Å². The second-order valence-electron chi connectivity index (χ2n) is 6.10. The van der Waals surface area contributed by atoms with E-state index >= 15 is 0 Å². The molecular formula is C16H17N7O3. The Morgan fingerprint density at radius 2 is 2.04 bits per heavy atom. The van der Waals surface area contributed by atoms with Gasteiger partial charge in [0.1, 0.15) is 5.52 Å². The Labute approximate surface area is 147 Å². The molecule has 0 saturated carbocycles. The lowest BCUT2D eigenvalue weighted by Gasteiger charge is -2.32. The van der Waals surface area contributed by atoms with E-state index in [2.05, 4.69) is 15.2 Å². The molecule has 0 bridgehead atoms. The molecule has 1 aliphatic rings. The Morgan fingerprint density at radius 3 is 2.77 bits per heavy atom. The normalized spacial score (nSPS) is 14.8. The maximum Gasteiger partial charge on any atom is 0.276 e. The molecule has 10 nitrogen and oxygen atoms in total. The first-order chi connectivity index (χ1) is 12.6. The molecule has 2 amide bonds. The van der Waals surface area contributed by atoms with Gasteiger partial charge in [-0.15, -0.1) is 5.10 Å². The number of nitrogens with one attached hydrogen (secondary N) is 1. The number of fused-ring (bicyclic) bond motifs is 1. The Balaban J connectivity index is 1.64. The molecule has 4 heterocycles. The number of hydrogen-bond donors (Lipinski definition) is 1. The number of nitrogens with zero attached hydrogens (tertiary/aromatic N) is 6. The van der Waals surface area contributed by atoms with Gasteiger partial charge in [0, 0.05) is 32.4 Å². The summed E-state index contributed by atoms with van der Waals surface area (Å²) in [5.74, 6) is 0.0877. The topological polar surface area (TPSA) is 109 Å². The van der Waals surface area contributed by atoms with Crippen molar-refractivity contribution in [3.05, 3.63) is 46.1 Å². The molecule has 4 rings (SSSR count). The van der Waals surface area contributed by atoms with Crippen LogP contribution in [0.15, 0.2) is 29.3 Å². The van der Waals surface area contributed by atoms with Gasteiger partial charge in [0.15, 0.2) is 0 Å². The van der Waals surface area contributed by atoms with Crippen molar-refractivity contribution < 1.29 is 9.59 Å². The van der Waals surface area contributed by atoms with Crippen LogP contribution < -0.4 is 5.56 Å². The predicted molar refractivity (Wildman–Crippen MR) is 91.2 cm³/mol. The number of carbonyl (C=O) groups excluding carboxylic acids is 2. The van der Waals surface area contributed by atoms with Crippen molar-refractivity contribution in [2.45, 2.75) is 6.92 Å². The first-order valence-electron chi connectivity index (χ1n) is 8.20. The zero-order valence-electron chi connectivity index (χ0n) is 14.1. The lowest BCUT2D eigenvalue weighted by molar-refractivity contribution is -0.119. The second-order valence-corrected chi connectivity index (χ2v) is 6.10. The van der Waals surface area contributed by atoms with E-state index < -0.39 is 0 Å². The van der Waals surface area contributed by atoms with E-state index in [4.69, 9.17) is 0 Å². The monoisotopic (exact) mass is 355 g/mol. The Hall–Kier alpha value is -3.43. The van der Waals surface area contributed by atoms with E-state index in [1.165, 1.54) is 15.4 Å². The summed E-state index contributed by atoms with van der Waals surface area (Å²) in [7, 11) is 0. The Bertz CT molecular complexity index is 1040. The van der Waals surface area contributed by atoms with Crippen LogP contribution in [0.4, 0.5) is 0 Å². The minimum Gasteiger partial charge on any atom is -0.342 e. The first kappa shape index (κ1) is 16.1. The number of carbonyl (C=O) groups is 2. The van der Waals surface area contributed by atoms with Gasteiger partial charge >= 0.3 is 0 Å². The van der Waals surface area contributed by atoms with Crippen molar-refractivity contribution in [1.29, 1.82) is 0 Å². The summed E-state index contributed by atoms with van der Waals surface area (Å²) < 4.78 is 2.91. The standard InChI is InChI=1S/C16H17N7O3/c1-11-12(15(26)21-7-5-20(10-24)6-8-21)9-17-23(11)16-18-14(25)13-3-2-4-22(13)19-16/h2-4,9-10H,5-8H2,1H3,(H,18,19,25). The fourth-order valence-electron chi connectivity index (χ4n) is 3.06. The van der Waals surface area contributed by atoms with Gasteiger partial charge in [-0.3, -0.25) is 19.4 Å². The third kappa shape index (κ3) is 2.55. The summed E-state index contributed by atoms with van der Waals surface area (Å²) >= 11 is 0. The molecule has 3 aromatic heterocycles. The summed E-state index contributed by atoms with van der Waals surface area (Å²) in [5, 5.41) is 8.55. The SMILES string of the molecule is Cc1c(C(=O)N2CCN(C=O)CC2)cnn1-c1nn2cccc2c(=O)[nH]1. The first-order valence-corrected chi connectivity index (χ1v) is 8.20. The van der Waals surface area contributed by atoms with Gasteiger partial charge in [-0.1, -0.05) is 0 Å². The van der Waals surface area contributed by atoms with Gasteiger partial charge in [0.05, 0.1) is 17.5 Å². The molecular weight excluding hydrogens is 338 g/mol. The van der Waals surface area contributed by atoms with Crippen LogP contribution in [0.25, 0.3) is 11.5 Å². The van der Waals surface area contributed by atoms with Crippen LogP contribution in [0.3, 0.4) is 0 Å². The molecule has 1 N–H and O–H groups in total. The van der Waals surface area contributed by atoms with Gasteiger partial charge in [-0.25, -0.2) is 9.20 Å². The van der Waals surface area contributed by atoms with Crippen molar-refractivity contribution in [1.82, 2.24) is 34.2 Å². The number of hydrogen-bond acceptors (Lipinski definition) is 5. The number of aromatic nitrogens is 5. The fraction of sp³-hybridized carbons (Fsp3) is 0.312. The van der Waals surface area contributed by atoms with Crippen LogP contribution >= 0.6 is 0 Å². The van der Waals surface area contributed by atoms with Gasteiger partial charge < -0.3 is 9.80 Å². The third-order valence-corrected chi connectivity index (χ3v) is 4.58. The summed E-state index contributed by atoms with van der Waals surface area (Å²) in [4.78, 5) is 41.7. The Kier molecular flexibility index (Phi) is 3.79. The quantitative estimate of drug-likeness (QED) is 0.633. The van der Waals surface area contributed by atoms with Crippen molar-refractivity contribution in [2.24, 2.45) is 0 Å². The molecule has 10 heteroatoms. The summed E-state index contributed by atoms with van der Waals surface area (Å²) in [6.45, 7) is 3.74. The van der Waals surface area contributed by atoms with Crippen LogP contribution in [-0.2, 0) is 4.79 Å². The highest BCUT2D eigenvalue weighted by molar-refractivity contribution is 5.95. The zero-order chi connectivity index (χ0) is 18.3. The molecule has 1 aliphatic heterocycles. The molecule has 0 unspecified atom stereocenters. The smallest absolute Gasteiger partial charge is 0.276 e. The molecule has 26 heavy (non-hydrogen) atoms. The average Bonchev–Trinajstić information content (AvgIpc) is 3.28. The number of H-pyrrole nitrogens is 1. The fourth-order valence-corrected chi connectivity index (χ4v) is 3.06. The maximum atomic E-state index is 12.8. The molecule has 0 radical (unpaired) electrons. The zero-order valence-corrected chi connectivity index (χ0v) is 14.1. The average molecular weight is 355 g/mol. The lowest BCUT2D eigenvalue weighted by atomic mass is 10.2. The van der Waals surface area contributed by atoms with Crippen molar-refractivity contribution in [3.8, 4) is 5.95 Å². The van der Waals surface area contributed by atoms with E-state index in [9.17, 15) is 14.4 Å². The van der Waals surface area contributed by atoms with Crippen molar-refractivity contribution >= 4 is 17.8 Å². The van der Waals surface area contributed by atoms with Crippen LogP contribution in [0.2, 0.25) is 0 Å². The maximum absolute atomic E-state index is 12.8. The number of amides is 2. The molecule has 1 saturated heterocycles. The van der Waals surface area contributed by atoms with E-state index in [-0.39, 0.29) is 17.4 Å². The highest BCUT2D eigenvalue weighted by atomic mass is 16.2. The van der Waals surface area contributed by atoms with E-state index in [0.717, 1.165) is 6.41 Å². The van der Waals surface area contributed by atoms with Crippen LogP contribution in [0.5, 0.6) is 0 Å². The van der Waals surface area contributed by atoms with Crippen molar-refractivity contribution in [3.63, 3.8) is 0 Å². The molecule has 0 aromatic carbocycles. The molecule has 0 aliphatic carbocycles. The molecule has 134 valence electrons. The van der Waals surface area contributed by atoms with Gasteiger partial charge in [0.25, 0.3) is 11.5 Å². The molecule has 0 spiro atoms. The highest BCUT2D eigenvalue weighted by Crippen LogP contribution is 2.14. The predicted octanol–water partition coefficient (Wildman–Crippen LogP) is -0.569. The molecule has 0 atom stereocenters. The largest absolute Gasteiger partial charge is 0.342 e. The van der Waals surface area contributed by atoms with Crippen molar-refractivity contribution in [2.75, 3.05) is 26.2 Å². The van der Waals surface area contributed by atoms with Gasteiger partial charge in [-0.05, 0) is 19.1 Å². The molecule has 1 fully saturated rings. The minimum absolute atomic E-state index is 0.149.